The van der Waals surface area contributed by atoms with E-state index in [1.165, 1.54) is 19.1 Å². The highest BCUT2D eigenvalue weighted by Crippen LogP contribution is 2.24. The van der Waals surface area contributed by atoms with E-state index in [9.17, 15) is 13.6 Å². The van der Waals surface area contributed by atoms with Crippen molar-refractivity contribution in [2.24, 2.45) is 0 Å². The van der Waals surface area contributed by atoms with E-state index in [1.54, 1.807) is 14.0 Å². The third kappa shape index (κ3) is 4.28. The first-order valence-corrected chi connectivity index (χ1v) is 6.20. The largest absolute Gasteiger partial charge is 0.481 e. The highest BCUT2D eigenvalue weighted by Gasteiger charge is 2.17. The lowest BCUT2D eigenvalue weighted by Crippen LogP contribution is -2.25. The molecule has 0 bridgehead atoms. The minimum Gasteiger partial charge on any atom is -0.481 e. The smallest absolute Gasteiger partial charge is 0.303 e. The van der Waals surface area contributed by atoms with E-state index >= 15 is 0 Å². The summed E-state index contributed by atoms with van der Waals surface area (Å²) >= 11 is 0. The maximum absolute atomic E-state index is 13.8. The molecule has 1 aromatic carbocycles. The monoisotopic (exact) mass is 271 g/mol. The molecule has 0 saturated carbocycles. The molecule has 3 nitrogen and oxygen atoms in total. The van der Waals surface area contributed by atoms with E-state index in [2.05, 4.69) is 0 Å². The van der Waals surface area contributed by atoms with E-state index in [-0.39, 0.29) is 18.0 Å². The second-order valence-electron chi connectivity index (χ2n) is 4.78. The van der Waals surface area contributed by atoms with Crippen LogP contribution in [0.25, 0.3) is 0 Å². The Balaban J connectivity index is 2.73. The van der Waals surface area contributed by atoms with Crippen molar-refractivity contribution in [3.63, 3.8) is 0 Å². The quantitative estimate of drug-likeness (QED) is 0.864. The van der Waals surface area contributed by atoms with Gasteiger partial charge in [-0.25, -0.2) is 8.78 Å². The molecule has 1 rings (SSSR count). The van der Waals surface area contributed by atoms with Crippen LogP contribution in [-0.4, -0.2) is 29.6 Å². The fraction of sp³-hybridized carbons (Fsp3) is 0.500. The minimum atomic E-state index is -0.853. The molecule has 106 valence electrons. The van der Waals surface area contributed by atoms with Gasteiger partial charge in [0.05, 0.1) is 0 Å². The van der Waals surface area contributed by atoms with Crippen LogP contribution in [0.4, 0.5) is 8.78 Å². The molecule has 1 N–H and O–H groups in total. The number of rotatable bonds is 6. The standard InChI is InChI=1S/C14H19F2NO2/c1-9-7-13(16)11(8-12(9)15)10(2)17(3)6-4-5-14(18)19/h7-8,10H,4-6H2,1-3H3,(H,18,19). The first kappa shape index (κ1) is 15.6. The zero-order valence-corrected chi connectivity index (χ0v) is 11.4. The number of aryl methyl sites for hydroxylation is 1. The maximum Gasteiger partial charge on any atom is 0.303 e. The van der Waals surface area contributed by atoms with Crippen LogP contribution >= 0.6 is 0 Å². The van der Waals surface area contributed by atoms with Crippen LogP contribution in [0.1, 0.15) is 36.9 Å². The lowest BCUT2D eigenvalue weighted by atomic mass is 10.0. The Labute approximate surface area is 111 Å². The molecular formula is C14H19F2NO2. The summed E-state index contributed by atoms with van der Waals surface area (Å²) in [6.45, 7) is 3.81. The molecule has 0 amide bonds. The molecule has 0 spiro atoms. The molecule has 0 fully saturated rings. The Morgan fingerprint density at radius 3 is 2.58 bits per heavy atom. The summed E-state index contributed by atoms with van der Waals surface area (Å²) in [7, 11) is 1.77. The molecule has 0 aliphatic rings. The van der Waals surface area contributed by atoms with Gasteiger partial charge >= 0.3 is 5.97 Å². The van der Waals surface area contributed by atoms with E-state index in [0.717, 1.165) is 0 Å². The van der Waals surface area contributed by atoms with Crippen LogP contribution in [0, 0.1) is 18.6 Å². The van der Waals surface area contributed by atoms with Crippen molar-refractivity contribution in [3.05, 3.63) is 34.9 Å². The summed E-state index contributed by atoms with van der Waals surface area (Å²) in [6.07, 6.45) is 0.550. The normalized spacial score (nSPS) is 12.7. The SMILES string of the molecule is Cc1cc(F)c(C(C)N(C)CCCC(=O)O)cc1F. The molecule has 1 unspecified atom stereocenters. The Morgan fingerprint density at radius 1 is 1.37 bits per heavy atom. The van der Waals surface area contributed by atoms with Gasteiger partial charge in [0.15, 0.2) is 0 Å². The fourth-order valence-corrected chi connectivity index (χ4v) is 1.89. The molecule has 0 aliphatic carbocycles. The van der Waals surface area contributed by atoms with Crippen LogP contribution in [0.2, 0.25) is 0 Å². The van der Waals surface area contributed by atoms with Crippen molar-refractivity contribution < 1.29 is 18.7 Å². The predicted molar refractivity (Wildman–Crippen MR) is 69.0 cm³/mol. The molecule has 0 radical (unpaired) electrons. The van der Waals surface area contributed by atoms with Gasteiger partial charge in [0, 0.05) is 18.0 Å². The number of hydrogen-bond acceptors (Lipinski definition) is 2. The number of hydrogen-bond donors (Lipinski definition) is 1. The second-order valence-corrected chi connectivity index (χ2v) is 4.78. The third-order valence-corrected chi connectivity index (χ3v) is 3.29. The van der Waals surface area contributed by atoms with Crippen molar-refractivity contribution >= 4 is 5.97 Å². The Bertz CT molecular complexity index is 463. The number of aliphatic carboxylic acids is 1. The van der Waals surface area contributed by atoms with Gasteiger partial charge in [0.2, 0.25) is 0 Å². The van der Waals surface area contributed by atoms with Crippen LogP contribution < -0.4 is 0 Å². The first-order chi connectivity index (χ1) is 8.82. The van der Waals surface area contributed by atoms with E-state index in [0.29, 0.717) is 18.5 Å². The molecule has 0 saturated heterocycles. The number of benzene rings is 1. The van der Waals surface area contributed by atoms with Crippen molar-refractivity contribution in [3.8, 4) is 0 Å². The average Bonchev–Trinajstić information content (AvgIpc) is 2.32. The van der Waals surface area contributed by atoms with E-state index < -0.39 is 17.6 Å². The van der Waals surface area contributed by atoms with Crippen molar-refractivity contribution in [2.75, 3.05) is 13.6 Å². The summed E-state index contributed by atoms with van der Waals surface area (Å²) < 4.78 is 27.3. The van der Waals surface area contributed by atoms with Crippen LogP contribution in [0.3, 0.4) is 0 Å². The summed E-state index contributed by atoms with van der Waals surface area (Å²) in [5, 5.41) is 8.56. The predicted octanol–water partition coefficient (Wildman–Crippen LogP) is 3.13. The van der Waals surface area contributed by atoms with Gasteiger partial charge in [-0.1, -0.05) is 0 Å². The summed E-state index contributed by atoms with van der Waals surface area (Å²) in [4.78, 5) is 12.2. The highest BCUT2D eigenvalue weighted by atomic mass is 19.1. The minimum absolute atomic E-state index is 0.0712. The molecule has 1 aromatic rings. The van der Waals surface area contributed by atoms with Gasteiger partial charge in [-0.15, -0.1) is 0 Å². The Hall–Kier alpha value is -1.49. The Kier molecular flexibility index (Phi) is 5.42. The maximum atomic E-state index is 13.8. The van der Waals surface area contributed by atoms with Gasteiger partial charge in [-0.05, 0) is 51.6 Å². The molecular weight excluding hydrogens is 252 g/mol. The van der Waals surface area contributed by atoms with Crippen LogP contribution in [0.15, 0.2) is 12.1 Å². The average molecular weight is 271 g/mol. The first-order valence-electron chi connectivity index (χ1n) is 6.20. The molecule has 5 heteroatoms. The number of nitrogens with zero attached hydrogens (tertiary/aromatic N) is 1. The fourth-order valence-electron chi connectivity index (χ4n) is 1.89. The van der Waals surface area contributed by atoms with Gasteiger partial charge < -0.3 is 5.11 Å². The Morgan fingerprint density at radius 2 is 2.00 bits per heavy atom. The zero-order valence-electron chi connectivity index (χ0n) is 11.4. The van der Waals surface area contributed by atoms with Crippen LogP contribution in [-0.2, 0) is 4.79 Å². The van der Waals surface area contributed by atoms with Crippen LogP contribution in [0.5, 0.6) is 0 Å². The van der Waals surface area contributed by atoms with Crippen molar-refractivity contribution in [1.29, 1.82) is 0 Å². The van der Waals surface area contributed by atoms with Gasteiger partial charge in [-0.2, -0.15) is 0 Å². The van der Waals surface area contributed by atoms with Crippen molar-refractivity contribution in [2.45, 2.75) is 32.7 Å². The van der Waals surface area contributed by atoms with Gasteiger partial charge in [0.1, 0.15) is 11.6 Å². The van der Waals surface area contributed by atoms with Gasteiger partial charge in [-0.3, -0.25) is 9.69 Å². The van der Waals surface area contributed by atoms with E-state index in [1.807, 2.05) is 4.90 Å². The molecule has 19 heavy (non-hydrogen) atoms. The summed E-state index contributed by atoms with van der Waals surface area (Å²) in [5.41, 5.74) is 0.572. The number of halogens is 2. The topological polar surface area (TPSA) is 40.5 Å². The second kappa shape index (κ2) is 6.61. The summed E-state index contributed by atoms with van der Waals surface area (Å²) in [5.74, 6) is -1.72. The number of carboxylic acid groups (broad SMARTS) is 1. The summed E-state index contributed by atoms with van der Waals surface area (Å²) in [6, 6.07) is 2.10. The van der Waals surface area contributed by atoms with Crippen molar-refractivity contribution in [1.82, 2.24) is 4.90 Å². The lowest BCUT2D eigenvalue weighted by molar-refractivity contribution is -0.137. The molecule has 1 atom stereocenters. The molecule has 0 heterocycles. The number of carbonyl (C=O) groups is 1. The molecule has 0 aliphatic heterocycles. The highest BCUT2D eigenvalue weighted by molar-refractivity contribution is 5.66. The third-order valence-electron chi connectivity index (χ3n) is 3.29. The number of carboxylic acids is 1. The van der Waals surface area contributed by atoms with E-state index in [4.69, 9.17) is 5.11 Å². The van der Waals surface area contributed by atoms with Gasteiger partial charge in [0.25, 0.3) is 0 Å². The molecule has 0 aromatic heterocycles. The lowest BCUT2D eigenvalue weighted by Gasteiger charge is -2.25. The zero-order chi connectivity index (χ0) is 14.6.